The van der Waals surface area contributed by atoms with Gasteiger partial charge >= 0.3 is 0 Å². The average Bonchev–Trinajstić information content (AvgIpc) is 2.41. The number of rotatable bonds is 5. The van der Waals surface area contributed by atoms with Crippen LogP contribution < -0.4 is 10.1 Å². The Bertz CT molecular complexity index is 559. The molecule has 8 heteroatoms. The fourth-order valence-electron chi connectivity index (χ4n) is 1.99. The monoisotopic (exact) mass is 303 g/mol. The summed E-state index contributed by atoms with van der Waals surface area (Å²) in [4.78, 5) is 2.43. The quantitative estimate of drug-likeness (QED) is 0.805. The highest BCUT2D eigenvalue weighted by molar-refractivity contribution is 7.89. The molecule has 1 aliphatic rings. The fraction of sp³-hybridized carbons (Fsp3) is 0.500. The summed E-state index contributed by atoms with van der Waals surface area (Å²) in [5.41, 5.74) is 0.523. The molecule has 0 unspecified atom stereocenters. The summed E-state index contributed by atoms with van der Waals surface area (Å²) >= 11 is 0. The Labute approximate surface area is 117 Å². The smallest absolute Gasteiger partial charge is 0.253 e. The number of hydrogen-bond acceptors (Lipinski definition) is 5. The summed E-state index contributed by atoms with van der Waals surface area (Å²) in [6.45, 7) is 2.22. The molecule has 0 bridgehead atoms. The molecule has 20 heavy (non-hydrogen) atoms. The minimum atomic E-state index is -3.79. The molecule has 0 radical (unpaired) electrons. The summed E-state index contributed by atoms with van der Waals surface area (Å²) in [7, 11) is -2.09. The van der Waals surface area contributed by atoms with Crippen LogP contribution in [-0.2, 0) is 21.3 Å². The number of sulfonamides is 1. The molecule has 1 saturated heterocycles. The molecule has 6 nitrogen and oxygen atoms in total. The van der Waals surface area contributed by atoms with E-state index in [0.717, 1.165) is 6.07 Å². The molecule has 0 aliphatic carbocycles. The normalized spacial score (nSPS) is 17.3. The zero-order valence-corrected chi connectivity index (χ0v) is 12.0. The second kappa shape index (κ2) is 6.59. The van der Waals surface area contributed by atoms with Crippen LogP contribution in [0.25, 0.3) is 0 Å². The van der Waals surface area contributed by atoms with Gasteiger partial charge in [-0.1, -0.05) is 6.07 Å². The first-order valence-electron chi connectivity index (χ1n) is 6.31. The van der Waals surface area contributed by atoms with Crippen molar-refractivity contribution in [1.82, 2.24) is 15.2 Å². The van der Waals surface area contributed by atoms with E-state index in [-0.39, 0.29) is 4.90 Å². The molecule has 2 N–H and O–H groups in total. The maximum Gasteiger partial charge on any atom is 0.253 e. The van der Waals surface area contributed by atoms with Crippen LogP contribution in [0.5, 0.6) is 0 Å². The molecular formula is C12H18FN3O3S. The minimum Gasteiger partial charge on any atom is -0.379 e. The van der Waals surface area contributed by atoms with E-state index in [4.69, 9.17) is 4.74 Å². The van der Waals surface area contributed by atoms with Crippen molar-refractivity contribution in [2.75, 3.05) is 33.4 Å². The lowest BCUT2D eigenvalue weighted by molar-refractivity contribution is 0.0272. The second-order valence-electron chi connectivity index (χ2n) is 4.48. The number of hydrogen-bond donors (Lipinski definition) is 2. The Kier molecular flexibility index (Phi) is 5.06. The Balaban J connectivity index is 2.25. The zero-order valence-electron chi connectivity index (χ0n) is 11.2. The van der Waals surface area contributed by atoms with Crippen molar-refractivity contribution in [3.05, 3.63) is 29.6 Å². The predicted octanol–water partition coefficient (Wildman–Crippen LogP) is 0.0706. The Hall–Kier alpha value is -1.06. The van der Waals surface area contributed by atoms with E-state index in [1.54, 1.807) is 12.1 Å². The molecule has 0 saturated carbocycles. The number of nitrogens with one attached hydrogen (secondary N) is 2. The van der Waals surface area contributed by atoms with Gasteiger partial charge in [0.1, 0.15) is 5.82 Å². The summed E-state index contributed by atoms with van der Waals surface area (Å²) in [5, 5.41) is 4.43. The lowest BCUT2D eigenvalue weighted by Gasteiger charge is -2.27. The molecule has 112 valence electrons. The van der Waals surface area contributed by atoms with Gasteiger partial charge in [-0.2, -0.15) is 0 Å². The Morgan fingerprint density at radius 3 is 2.70 bits per heavy atom. The number of benzene rings is 1. The summed E-state index contributed by atoms with van der Waals surface area (Å²) in [5.74, 6) is -0.577. The maximum absolute atomic E-state index is 13.4. The van der Waals surface area contributed by atoms with E-state index in [1.165, 1.54) is 12.1 Å². The van der Waals surface area contributed by atoms with Crippen molar-refractivity contribution in [2.45, 2.75) is 11.4 Å². The molecule has 1 aromatic carbocycles. The van der Waals surface area contributed by atoms with Crippen molar-refractivity contribution in [1.29, 1.82) is 0 Å². The third-order valence-corrected chi connectivity index (χ3v) is 4.40. The number of ether oxygens (including phenoxy) is 1. The van der Waals surface area contributed by atoms with Crippen LogP contribution in [0.4, 0.5) is 4.39 Å². The van der Waals surface area contributed by atoms with Gasteiger partial charge in [-0.05, 0) is 24.7 Å². The van der Waals surface area contributed by atoms with Crippen LogP contribution in [0.2, 0.25) is 0 Å². The highest BCUT2D eigenvalue weighted by Gasteiger charge is 2.23. The van der Waals surface area contributed by atoms with Crippen molar-refractivity contribution < 1.29 is 17.5 Å². The SMILES string of the molecule is CNCc1ccc(F)cc1S(=O)(=O)NN1CCOCC1. The molecule has 0 spiro atoms. The maximum atomic E-state index is 13.4. The van der Waals surface area contributed by atoms with Crippen LogP contribution in [-0.4, -0.2) is 46.8 Å². The van der Waals surface area contributed by atoms with Gasteiger partial charge < -0.3 is 10.1 Å². The fourth-order valence-corrected chi connectivity index (χ4v) is 3.36. The first kappa shape index (κ1) is 15.3. The molecule has 0 amide bonds. The third-order valence-electron chi connectivity index (χ3n) is 2.95. The van der Waals surface area contributed by atoms with Crippen LogP contribution in [0.15, 0.2) is 23.1 Å². The van der Waals surface area contributed by atoms with Gasteiger partial charge in [0.05, 0.1) is 18.1 Å². The third kappa shape index (κ3) is 3.74. The standard InChI is InChI=1S/C12H18FN3O3S/c1-14-9-10-2-3-11(13)8-12(10)20(17,18)15-16-4-6-19-7-5-16/h2-3,8,14-15H,4-7,9H2,1H3. The van der Waals surface area contributed by atoms with Crippen molar-refractivity contribution in [2.24, 2.45) is 0 Å². The van der Waals surface area contributed by atoms with Crippen LogP contribution in [0, 0.1) is 5.82 Å². The molecule has 1 fully saturated rings. The van der Waals surface area contributed by atoms with Crippen LogP contribution in [0.3, 0.4) is 0 Å². The Morgan fingerprint density at radius 2 is 2.05 bits per heavy atom. The average molecular weight is 303 g/mol. The van der Waals surface area contributed by atoms with Gasteiger partial charge in [-0.15, -0.1) is 4.83 Å². The van der Waals surface area contributed by atoms with E-state index in [0.29, 0.717) is 38.4 Å². The number of morpholine rings is 1. The van der Waals surface area contributed by atoms with Crippen molar-refractivity contribution in [3.8, 4) is 0 Å². The molecule has 2 rings (SSSR count). The Morgan fingerprint density at radius 1 is 1.35 bits per heavy atom. The summed E-state index contributed by atoms with van der Waals surface area (Å²) < 4.78 is 43.2. The largest absolute Gasteiger partial charge is 0.379 e. The van der Waals surface area contributed by atoms with Crippen molar-refractivity contribution >= 4 is 10.0 Å². The van der Waals surface area contributed by atoms with Gasteiger partial charge in [0.25, 0.3) is 10.0 Å². The van der Waals surface area contributed by atoms with Crippen molar-refractivity contribution in [3.63, 3.8) is 0 Å². The van der Waals surface area contributed by atoms with Gasteiger partial charge in [0.2, 0.25) is 0 Å². The molecule has 0 atom stereocenters. The first-order valence-corrected chi connectivity index (χ1v) is 7.79. The first-order chi connectivity index (χ1) is 9.53. The predicted molar refractivity (Wildman–Crippen MR) is 71.9 cm³/mol. The summed E-state index contributed by atoms with van der Waals surface area (Å²) in [6.07, 6.45) is 0. The van der Waals surface area contributed by atoms with E-state index >= 15 is 0 Å². The van der Waals surface area contributed by atoms with E-state index in [9.17, 15) is 12.8 Å². The lowest BCUT2D eigenvalue weighted by Crippen LogP contribution is -2.48. The number of halogens is 1. The lowest BCUT2D eigenvalue weighted by atomic mass is 10.2. The van der Waals surface area contributed by atoms with Crippen LogP contribution in [0.1, 0.15) is 5.56 Å². The molecular weight excluding hydrogens is 285 g/mol. The topological polar surface area (TPSA) is 70.7 Å². The highest BCUT2D eigenvalue weighted by Crippen LogP contribution is 2.17. The highest BCUT2D eigenvalue weighted by atomic mass is 32.2. The molecule has 1 aliphatic heterocycles. The summed E-state index contributed by atoms with van der Waals surface area (Å²) in [6, 6.07) is 3.76. The van der Waals surface area contributed by atoms with Gasteiger partial charge in [0, 0.05) is 19.6 Å². The van der Waals surface area contributed by atoms with E-state index in [1.807, 2.05) is 0 Å². The van der Waals surface area contributed by atoms with Crippen LogP contribution >= 0.6 is 0 Å². The zero-order chi connectivity index (χ0) is 14.6. The number of hydrazine groups is 1. The van der Waals surface area contributed by atoms with E-state index < -0.39 is 15.8 Å². The van der Waals surface area contributed by atoms with E-state index in [2.05, 4.69) is 10.1 Å². The molecule has 1 heterocycles. The molecule has 1 aromatic rings. The second-order valence-corrected chi connectivity index (χ2v) is 6.11. The van der Waals surface area contributed by atoms with Gasteiger partial charge in [-0.25, -0.2) is 17.8 Å². The van der Waals surface area contributed by atoms with Gasteiger partial charge in [0.15, 0.2) is 0 Å². The van der Waals surface area contributed by atoms with Gasteiger partial charge in [-0.3, -0.25) is 0 Å². The molecule has 0 aromatic heterocycles. The minimum absolute atomic E-state index is 0.0432. The number of nitrogens with zero attached hydrogens (tertiary/aromatic N) is 1.